The molecule has 0 radical (unpaired) electrons. The van der Waals surface area contributed by atoms with Crippen LogP contribution in [0.4, 0.5) is 11.4 Å². The second kappa shape index (κ2) is 8.65. The van der Waals surface area contributed by atoms with Crippen LogP contribution in [0.3, 0.4) is 0 Å². The van der Waals surface area contributed by atoms with Crippen molar-refractivity contribution in [3.8, 4) is 0 Å². The summed E-state index contributed by atoms with van der Waals surface area (Å²) in [6, 6.07) is 23.1. The van der Waals surface area contributed by atoms with E-state index in [2.05, 4.69) is 0 Å². The lowest BCUT2D eigenvalue weighted by Crippen LogP contribution is -2.34. The summed E-state index contributed by atoms with van der Waals surface area (Å²) in [5.74, 6) is -1.23. The Kier molecular flexibility index (Phi) is 6.03. The molecule has 1 aliphatic heterocycles. The summed E-state index contributed by atoms with van der Waals surface area (Å²) in [6.07, 6.45) is 0. The molecule has 3 aromatic carbocycles. The summed E-state index contributed by atoms with van der Waals surface area (Å²) in [4.78, 5) is 28.1. The summed E-state index contributed by atoms with van der Waals surface area (Å²) >= 11 is 6.31. The molecule has 2 amide bonds. The summed E-state index contributed by atoms with van der Waals surface area (Å²) in [6.45, 7) is 3.47. The first-order chi connectivity index (χ1) is 15.6. The van der Waals surface area contributed by atoms with Crippen molar-refractivity contribution >= 4 is 44.8 Å². The van der Waals surface area contributed by atoms with Crippen molar-refractivity contribution in [1.29, 1.82) is 0 Å². The molecule has 1 fully saturated rings. The molecule has 0 atom stereocenters. The number of halogens is 1. The van der Waals surface area contributed by atoms with Crippen LogP contribution in [0.25, 0.3) is 0 Å². The average Bonchev–Trinajstić information content (AvgIpc) is 2.95. The molecule has 0 aromatic heterocycles. The van der Waals surface area contributed by atoms with Crippen molar-refractivity contribution in [3.63, 3.8) is 0 Å². The van der Waals surface area contributed by atoms with Crippen LogP contribution in [-0.2, 0) is 21.4 Å². The van der Waals surface area contributed by atoms with E-state index in [-0.39, 0.29) is 27.9 Å². The summed E-state index contributed by atoms with van der Waals surface area (Å²) in [7, 11) is -3.91. The Bertz CT molecular complexity index is 1310. The lowest BCUT2D eigenvalue weighted by molar-refractivity contribution is -0.123. The molecule has 1 aliphatic rings. The van der Waals surface area contributed by atoms with E-state index in [0.717, 1.165) is 9.87 Å². The lowest BCUT2D eigenvalue weighted by atomic mass is 9.95. The van der Waals surface area contributed by atoms with E-state index in [4.69, 9.17) is 11.6 Å². The van der Waals surface area contributed by atoms with Crippen LogP contribution in [0, 0.1) is 5.41 Å². The van der Waals surface area contributed by atoms with Crippen molar-refractivity contribution in [2.45, 2.75) is 20.4 Å². The minimum atomic E-state index is -3.91. The topological polar surface area (TPSA) is 74.8 Å². The first-order valence-electron chi connectivity index (χ1n) is 10.4. The third-order valence-corrected chi connectivity index (χ3v) is 7.82. The highest BCUT2D eigenvalue weighted by atomic mass is 35.5. The molecular formula is C25H23ClN2O4S. The third-order valence-electron chi connectivity index (χ3n) is 5.49. The number of hydrogen-bond acceptors (Lipinski definition) is 4. The molecule has 1 saturated heterocycles. The zero-order valence-electron chi connectivity index (χ0n) is 18.2. The van der Waals surface area contributed by atoms with Gasteiger partial charge in [-0.3, -0.25) is 9.59 Å². The van der Waals surface area contributed by atoms with E-state index in [9.17, 15) is 18.0 Å². The molecule has 170 valence electrons. The van der Waals surface area contributed by atoms with E-state index >= 15 is 0 Å². The number of para-hydroxylation sites is 1. The fourth-order valence-electron chi connectivity index (χ4n) is 3.85. The largest absolute Gasteiger partial charge is 0.304 e. The molecule has 0 spiro atoms. The molecule has 0 saturated carbocycles. The van der Waals surface area contributed by atoms with Gasteiger partial charge < -0.3 is 4.90 Å². The Morgan fingerprint density at radius 2 is 1.61 bits per heavy atom. The number of carbonyl (C=O) groups excluding carboxylic acids is 2. The minimum absolute atomic E-state index is 0.00851. The third kappa shape index (κ3) is 4.51. The van der Waals surface area contributed by atoms with Gasteiger partial charge in [-0.2, -0.15) is 0 Å². The van der Waals surface area contributed by atoms with Crippen LogP contribution in [0.5, 0.6) is 0 Å². The van der Waals surface area contributed by atoms with Crippen molar-refractivity contribution in [2.24, 2.45) is 5.41 Å². The predicted molar refractivity (Wildman–Crippen MR) is 130 cm³/mol. The Balaban J connectivity index is 1.76. The summed E-state index contributed by atoms with van der Waals surface area (Å²) < 4.78 is 26.3. The Morgan fingerprint density at radius 3 is 2.18 bits per heavy atom. The number of sulfonamides is 1. The van der Waals surface area contributed by atoms with E-state index < -0.39 is 21.3 Å². The number of carbonyl (C=O) groups is 2. The molecule has 1 heterocycles. The first-order valence-corrected chi connectivity index (χ1v) is 12.4. The number of amides is 2. The number of benzene rings is 3. The predicted octanol–water partition coefficient (Wildman–Crippen LogP) is 4.89. The highest BCUT2D eigenvalue weighted by Crippen LogP contribution is 2.39. The molecular weight excluding hydrogens is 460 g/mol. The maximum absolute atomic E-state index is 13.6. The Hall–Kier alpha value is -3.16. The van der Waals surface area contributed by atoms with E-state index in [1.165, 1.54) is 18.2 Å². The SMILES string of the molecule is CC1(C)CS(=O)(=O)N(c2cc(C(=O)N(Cc3ccccc3)c3ccccc3)ccc2Cl)C1=O. The number of nitrogens with zero attached hydrogens (tertiary/aromatic N) is 2. The van der Waals surface area contributed by atoms with Crippen LogP contribution in [-0.4, -0.2) is 26.0 Å². The van der Waals surface area contributed by atoms with Gasteiger partial charge in [0, 0.05) is 11.3 Å². The molecule has 0 aliphatic carbocycles. The normalized spacial score (nSPS) is 16.6. The zero-order chi connectivity index (χ0) is 23.8. The van der Waals surface area contributed by atoms with Crippen LogP contribution in [0.2, 0.25) is 5.02 Å². The standard InChI is InChI=1S/C25H23ClN2O4S/c1-25(2)17-33(31,32)28(24(25)30)22-15-19(13-14-21(22)26)23(29)27(20-11-7-4-8-12-20)16-18-9-5-3-6-10-18/h3-15H,16-17H2,1-2H3. The summed E-state index contributed by atoms with van der Waals surface area (Å²) in [5, 5.41) is 0.0792. The average molecular weight is 483 g/mol. The Morgan fingerprint density at radius 1 is 1.00 bits per heavy atom. The van der Waals surface area contributed by atoms with Gasteiger partial charge in [0.2, 0.25) is 15.9 Å². The minimum Gasteiger partial charge on any atom is -0.304 e. The molecule has 6 nitrogen and oxygen atoms in total. The molecule has 0 N–H and O–H groups in total. The van der Waals surface area contributed by atoms with Crippen LogP contribution >= 0.6 is 11.6 Å². The van der Waals surface area contributed by atoms with Crippen LogP contribution in [0.15, 0.2) is 78.9 Å². The molecule has 4 rings (SSSR count). The van der Waals surface area contributed by atoms with Gasteiger partial charge in [0.15, 0.2) is 0 Å². The monoisotopic (exact) mass is 482 g/mol. The summed E-state index contributed by atoms with van der Waals surface area (Å²) in [5.41, 5.74) is 0.760. The number of anilines is 2. The highest BCUT2D eigenvalue weighted by Gasteiger charge is 2.50. The van der Waals surface area contributed by atoms with E-state index in [1.807, 2.05) is 60.7 Å². The van der Waals surface area contributed by atoms with Gasteiger partial charge in [0.1, 0.15) is 0 Å². The van der Waals surface area contributed by atoms with Crippen LogP contribution < -0.4 is 9.21 Å². The maximum Gasteiger partial charge on any atom is 0.258 e. The second-order valence-electron chi connectivity index (χ2n) is 8.59. The van der Waals surface area contributed by atoms with E-state index in [0.29, 0.717) is 12.2 Å². The van der Waals surface area contributed by atoms with Crippen molar-refractivity contribution in [3.05, 3.63) is 95.0 Å². The van der Waals surface area contributed by atoms with Gasteiger partial charge in [-0.25, -0.2) is 12.7 Å². The molecule has 0 unspecified atom stereocenters. The fraction of sp³-hybridized carbons (Fsp3) is 0.200. The second-order valence-corrected chi connectivity index (χ2v) is 10.8. The van der Waals surface area contributed by atoms with Gasteiger partial charge in [0.25, 0.3) is 5.91 Å². The fourth-order valence-corrected chi connectivity index (χ4v) is 6.22. The maximum atomic E-state index is 13.6. The highest BCUT2D eigenvalue weighted by molar-refractivity contribution is 7.94. The van der Waals surface area contributed by atoms with Gasteiger partial charge in [-0.05, 0) is 49.7 Å². The van der Waals surface area contributed by atoms with Crippen LogP contribution in [0.1, 0.15) is 29.8 Å². The van der Waals surface area contributed by atoms with Gasteiger partial charge in [-0.1, -0.05) is 60.1 Å². The molecule has 8 heteroatoms. The van der Waals surface area contributed by atoms with Crippen molar-refractivity contribution in [1.82, 2.24) is 0 Å². The lowest BCUT2D eigenvalue weighted by Gasteiger charge is -2.24. The quantitative estimate of drug-likeness (QED) is 0.519. The van der Waals surface area contributed by atoms with Gasteiger partial charge in [-0.15, -0.1) is 0 Å². The van der Waals surface area contributed by atoms with Crippen molar-refractivity contribution in [2.75, 3.05) is 15.0 Å². The van der Waals surface area contributed by atoms with Crippen molar-refractivity contribution < 1.29 is 18.0 Å². The molecule has 0 bridgehead atoms. The Labute approximate surface area is 198 Å². The van der Waals surface area contributed by atoms with Gasteiger partial charge in [0.05, 0.1) is 28.4 Å². The number of hydrogen-bond donors (Lipinski definition) is 0. The smallest absolute Gasteiger partial charge is 0.258 e. The number of rotatable bonds is 5. The molecule has 33 heavy (non-hydrogen) atoms. The van der Waals surface area contributed by atoms with E-state index in [1.54, 1.807) is 18.7 Å². The van der Waals surface area contributed by atoms with Gasteiger partial charge >= 0.3 is 0 Å². The first kappa shape index (κ1) is 23.0. The zero-order valence-corrected chi connectivity index (χ0v) is 19.8. The molecule has 3 aromatic rings.